The summed E-state index contributed by atoms with van der Waals surface area (Å²) in [6, 6.07) is 19.1. The highest BCUT2D eigenvalue weighted by molar-refractivity contribution is 7.99. The van der Waals surface area contributed by atoms with Gasteiger partial charge < -0.3 is 25.5 Å². The lowest BCUT2D eigenvalue weighted by atomic mass is 10.2. The normalized spacial score (nSPS) is 12.0. The van der Waals surface area contributed by atoms with E-state index in [1.165, 1.54) is 48.2 Å². The van der Waals surface area contributed by atoms with Crippen LogP contribution in [-0.4, -0.2) is 84.5 Å². The predicted octanol–water partition coefficient (Wildman–Crippen LogP) is 9.08. The Morgan fingerprint density at radius 2 is 0.983 bits per heavy atom. The van der Waals surface area contributed by atoms with Gasteiger partial charge in [0.25, 0.3) is 20.2 Å². The summed E-state index contributed by atoms with van der Waals surface area (Å²) in [7, 11) is -8.95. The second kappa shape index (κ2) is 20.1. The molecule has 0 atom stereocenters. The second-order valence-corrected chi connectivity index (χ2v) is 17.0. The average molecular weight is 878 g/mol. The Morgan fingerprint density at radius 1 is 0.583 bits per heavy atom. The molecule has 0 aliphatic heterocycles. The minimum absolute atomic E-state index is 0.117. The van der Waals surface area contributed by atoms with Gasteiger partial charge in [0, 0.05) is 43.3 Å². The number of aryl methyl sites for hydroxylation is 2. The van der Waals surface area contributed by atoms with Crippen molar-refractivity contribution in [3.05, 3.63) is 83.9 Å². The Morgan fingerprint density at radius 3 is 1.35 bits per heavy atom. The third-order valence-electron chi connectivity index (χ3n) is 9.14. The number of hydrogen-bond acceptors (Lipinski definition) is 17. The fraction of sp³-hybridized carbons (Fsp3) is 0.308. The van der Waals surface area contributed by atoms with Gasteiger partial charge >= 0.3 is 0 Å². The Hall–Kier alpha value is -5.58. The Bertz CT molecular complexity index is 2430. The first-order chi connectivity index (χ1) is 28.6. The van der Waals surface area contributed by atoms with Crippen LogP contribution in [0, 0.1) is 13.8 Å². The van der Waals surface area contributed by atoms with Crippen LogP contribution >= 0.6 is 11.8 Å². The van der Waals surface area contributed by atoms with Crippen molar-refractivity contribution < 1.29 is 31.0 Å². The zero-order valence-electron chi connectivity index (χ0n) is 33.9. The zero-order chi connectivity index (χ0) is 43.6. The molecule has 5 rings (SSSR count). The van der Waals surface area contributed by atoms with Gasteiger partial charge in [-0.15, -0.1) is 10.2 Å². The minimum atomic E-state index is -4.48. The maximum Gasteiger partial charge on any atom is 0.294 e. The summed E-state index contributed by atoms with van der Waals surface area (Å²) in [6.07, 6.45) is 0. The molecule has 0 bridgehead atoms. The molecule has 0 saturated carbocycles. The van der Waals surface area contributed by atoms with Gasteiger partial charge in [0.1, 0.15) is 11.4 Å². The fourth-order valence-corrected chi connectivity index (χ4v) is 7.41. The highest BCUT2D eigenvalue weighted by atomic mass is 32.2. The van der Waals surface area contributed by atoms with E-state index in [1.54, 1.807) is 26.0 Å². The smallest absolute Gasteiger partial charge is 0.294 e. The predicted molar refractivity (Wildman–Crippen MR) is 235 cm³/mol. The number of anilines is 6. The van der Waals surface area contributed by atoms with Crippen molar-refractivity contribution in [1.29, 1.82) is 0 Å². The molecule has 4 aromatic carbocycles. The van der Waals surface area contributed by atoms with E-state index in [1.807, 2.05) is 52.0 Å². The van der Waals surface area contributed by atoms with Crippen LogP contribution in [0.2, 0.25) is 0 Å². The van der Waals surface area contributed by atoms with Gasteiger partial charge in [0.05, 0.1) is 39.1 Å². The van der Waals surface area contributed by atoms with Gasteiger partial charge in [-0.1, -0.05) is 23.9 Å². The third-order valence-corrected chi connectivity index (χ3v) is 11.7. The lowest BCUT2D eigenvalue weighted by molar-refractivity contribution is 0.322. The molecule has 318 valence electrons. The number of rotatable bonds is 19. The standard InChI is InChI=1S/C39H47N11O7S3/c1-7-49(8-2)27-13-17-31(45-47-33-23-29(59(52,53)54)15-11-25(33)5)35(21-27)40-37-42-38(44-39(43-37)58-20-19-51)41-36-22-28(50(9-3)10-4)14-18-32(36)46-48-34-24-30(60(55,56)57)16-12-26(34)6/h11-18,21-24,51H,7-10,19-20H2,1-6H3,(H,52,53,54)(H,55,56,57)(H2,40,41,42,43,44). The molecule has 1 heterocycles. The van der Waals surface area contributed by atoms with Crippen LogP contribution in [0.15, 0.2) is 108 Å². The van der Waals surface area contributed by atoms with Gasteiger partial charge in [0.2, 0.25) is 11.9 Å². The number of hydrogen-bond donors (Lipinski definition) is 5. The topological polar surface area (TPSA) is 248 Å². The van der Waals surface area contributed by atoms with Gasteiger partial charge in [-0.25, -0.2) is 0 Å². The Kier molecular flexibility index (Phi) is 15.3. The maximum absolute atomic E-state index is 11.9. The van der Waals surface area contributed by atoms with Crippen LogP contribution in [0.4, 0.5) is 57.4 Å². The van der Waals surface area contributed by atoms with Crippen LogP contribution in [0.5, 0.6) is 0 Å². The van der Waals surface area contributed by atoms with E-state index in [4.69, 9.17) is 4.98 Å². The molecule has 0 radical (unpaired) electrons. The SMILES string of the molecule is CCN(CC)c1ccc(N=Nc2cc(S(=O)(=O)O)ccc2C)c(Nc2nc(Nc3cc(N(CC)CC)ccc3N=Nc3cc(S(=O)(=O)O)ccc3C)nc(SCCO)n2)c1. The highest BCUT2D eigenvalue weighted by Gasteiger charge is 2.17. The van der Waals surface area contributed by atoms with E-state index in [0.717, 1.165) is 37.6 Å². The van der Waals surface area contributed by atoms with Gasteiger partial charge in [-0.05, 0) is 113 Å². The molecule has 0 unspecified atom stereocenters. The van der Waals surface area contributed by atoms with Crippen LogP contribution in [0.1, 0.15) is 38.8 Å². The summed E-state index contributed by atoms with van der Waals surface area (Å²) in [5.41, 5.74) is 5.12. The van der Waals surface area contributed by atoms with Crippen molar-refractivity contribution in [1.82, 2.24) is 15.0 Å². The summed E-state index contributed by atoms with van der Waals surface area (Å²) in [4.78, 5) is 17.6. The molecule has 5 N–H and O–H groups in total. The van der Waals surface area contributed by atoms with Crippen molar-refractivity contribution in [3.8, 4) is 0 Å². The van der Waals surface area contributed by atoms with Crippen LogP contribution in [0.25, 0.3) is 0 Å². The molecular weight excluding hydrogens is 831 g/mol. The molecule has 18 nitrogen and oxygen atoms in total. The highest BCUT2D eigenvalue weighted by Crippen LogP contribution is 2.37. The van der Waals surface area contributed by atoms with Gasteiger partial charge in [-0.3, -0.25) is 9.11 Å². The summed E-state index contributed by atoms with van der Waals surface area (Å²) < 4.78 is 66.6. The number of azo groups is 2. The van der Waals surface area contributed by atoms with Gasteiger partial charge in [-0.2, -0.15) is 42.0 Å². The van der Waals surface area contributed by atoms with Crippen molar-refractivity contribution in [3.63, 3.8) is 0 Å². The van der Waals surface area contributed by atoms with E-state index in [2.05, 4.69) is 50.9 Å². The van der Waals surface area contributed by atoms with Crippen LogP contribution in [0.3, 0.4) is 0 Å². The van der Waals surface area contributed by atoms with E-state index >= 15 is 0 Å². The zero-order valence-corrected chi connectivity index (χ0v) is 36.3. The summed E-state index contributed by atoms with van der Waals surface area (Å²) in [5.74, 6) is 0.526. The molecule has 0 amide bonds. The first-order valence-corrected chi connectivity index (χ1v) is 22.7. The van der Waals surface area contributed by atoms with Crippen molar-refractivity contribution in [2.45, 2.75) is 56.5 Å². The molecule has 0 fully saturated rings. The number of nitrogens with zero attached hydrogens (tertiary/aromatic N) is 9. The van der Waals surface area contributed by atoms with E-state index in [-0.39, 0.29) is 44.8 Å². The van der Waals surface area contributed by atoms with Crippen LogP contribution < -0.4 is 20.4 Å². The number of nitrogens with one attached hydrogen (secondary N) is 2. The first-order valence-electron chi connectivity index (χ1n) is 18.9. The van der Waals surface area contributed by atoms with Crippen LogP contribution in [-0.2, 0) is 20.2 Å². The molecule has 1 aromatic heterocycles. The quantitative estimate of drug-likeness (QED) is 0.0295. The molecular formula is C39H47N11O7S3. The molecule has 21 heteroatoms. The first kappa shape index (κ1) is 45.5. The van der Waals surface area contributed by atoms with Crippen molar-refractivity contribution in [2.24, 2.45) is 20.5 Å². The number of aliphatic hydroxyl groups excluding tert-OH is 1. The van der Waals surface area contributed by atoms with Crippen molar-refractivity contribution >= 4 is 89.4 Å². The van der Waals surface area contributed by atoms with E-state index < -0.39 is 20.2 Å². The monoisotopic (exact) mass is 877 g/mol. The molecule has 0 saturated heterocycles. The van der Waals surface area contributed by atoms with Gasteiger partial charge in [0.15, 0.2) is 5.16 Å². The number of benzene rings is 4. The minimum Gasteiger partial charge on any atom is -0.396 e. The molecule has 0 spiro atoms. The lowest BCUT2D eigenvalue weighted by Crippen LogP contribution is -2.21. The van der Waals surface area contributed by atoms with Crippen molar-refractivity contribution in [2.75, 3.05) is 59.0 Å². The molecule has 5 aromatic rings. The Labute approximate surface area is 353 Å². The molecule has 0 aliphatic carbocycles. The lowest BCUT2D eigenvalue weighted by Gasteiger charge is -2.22. The third kappa shape index (κ3) is 11.8. The second-order valence-electron chi connectivity index (χ2n) is 13.1. The summed E-state index contributed by atoms with van der Waals surface area (Å²) in [6.45, 7) is 14.4. The summed E-state index contributed by atoms with van der Waals surface area (Å²) >= 11 is 1.20. The average Bonchev–Trinajstić information content (AvgIpc) is 3.20. The maximum atomic E-state index is 11.9. The number of aromatic nitrogens is 3. The largest absolute Gasteiger partial charge is 0.396 e. The number of aliphatic hydroxyl groups is 1. The summed E-state index contributed by atoms with van der Waals surface area (Å²) in [5, 5.41) is 34.1. The number of thioether (sulfide) groups is 1. The molecule has 0 aliphatic rings. The van der Waals surface area contributed by atoms with E-state index in [9.17, 15) is 31.0 Å². The van der Waals surface area contributed by atoms with E-state index in [0.29, 0.717) is 39.6 Å². The fourth-order valence-electron chi connectivity index (χ4n) is 5.83. The Balaban J connectivity index is 1.60. The molecule has 60 heavy (non-hydrogen) atoms.